The summed E-state index contributed by atoms with van der Waals surface area (Å²) in [4.78, 5) is 0. The minimum Gasteiger partial charge on any atom is -0.238 e. The Kier molecular flexibility index (Phi) is 4.55. The molecule has 0 fully saturated rings. The Morgan fingerprint density at radius 2 is 1.79 bits per heavy atom. The normalized spacial score (nSPS) is 10.6. The van der Waals surface area contributed by atoms with Crippen molar-refractivity contribution >= 4 is 15.9 Å². The van der Waals surface area contributed by atoms with Crippen LogP contribution in [0.3, 0.4) is 0 Å². The number of benzene rings is 2. The quantitative estimate of drug-likeness (QED) is 0.640. The van der Waals surface area contributed by atoms with E-state index in [2.05, 4.69) is 60.1 Å². The molecular formula is C20H18BrN3. The summed E-state index contributed by atoms with van der Waals surface area (Å²) in [6, 6.07) is 16.5. The maximum absolute atomic E-state index is 9.06. The largest absolute Gasteiger partial charge is 0.238 e. The fourth-order valence-electron chi connectivity index (χ4n) is 2.82. The van der Waals surface area contributed by atoms with E-state index in [1.807, 2.05) is 29.8 Å². The number of nitrogens with zero attached hydrogens (tertiary/aromatic N) is 3. The van der Waals surface area contributed by atoms with Crippen LogP contribution in [-0.2, 0) is 6.42 Å². The molecule has 24 heavy (non-hydrogen) atoms. The molecule has 0 atom stereocenters. The van der Waals surface area contributed by atoms with Gasteiger partial charge in [0.15, 0.2) is 0 Å². The first kappa shape index (κ1) is 16.5. The summed E-state index contributed by atoms with van der Waals surface area (Å²) in [6.07, 6.45) is 0.870. The van der Waals surface area contributed by atoms with Crippen molar-refractivity contribution < 1.29 is 0 Å². The fourth-order valence-corrected chi connectivity index (χ4v) is 3.27. The van der Waals surface area contributed by atoms with Crippen LogP contribution in [0.2, 0.25) is 0 Å². The molecule has 0 bridgehead atoms. The van der Waals surface area contributed by atoms with Crippen LogP contribution in [0.1, 0.15) is 33.6 Å². The summed E-state index contributed by atoms with van der Waals surface area (Å²) in [5, 5.41) is 13.8. The van der Waals surface area contributed by atoms with Gasteiger partial charge in [-0.05, 0) is 60.5 Å². The van der Waals surface area contributed by atoms with Crippen molar-refractivity contribution in [2.75, 3.05) is 0 Å². The Bertz CT molecular complexity index is 931. The van der Waals surface area contributed by atoms with Crippen molar-refractivity contribution in [3.8, 4) is 11.8 Å². The maximum Gasteiger partial charge on any atom is 0.100 e. The van der Waals surface area contributed by atoms with E-state index in [1.54, 1.807) is 0 Å². The lowest BCUT2D eigenvalue weighted by molar-refractivity contribution is 0.832. The van der Waals surface area contributed by atoms with E-state index in [-0.39, 0.29) is 0 Å². The van der Waals surface area contributed by atoms with Gasteiger partial charge < -0.3 is 0 Å². The first-order valence-electron chi connectivity index (χ1n) is 7.80. The Morgan fingerprint density at radius 3 is 2.42 bits per heavy atom. The summed E-state index contributed by atoms with van der Waals surface area (Å²) in [6.45, 7) is 6.24. The number of hydrogen-bond donors (Lipinski definition) is 0. The molecule has 0 N–H and O–H groups in total. The number of halogens is 1. The van der Waals surface area contributed by atoms with E-state index in [0.29, 0.717) is 5.56 Å². The molecule has 3 nitrogen and oxygen atoms in total. The monoisotopic (exact) mass is 379 g/mol. The van der Waals surface area contributed by atoms with Crippen molar-refractivity contribution in [1.29, 1.82) is 5.26 Å². The molecule has 0 saturated heterocycles. The molecule has 0 unspecified atom stereocenters. The van der Waals surface area contributed by atoms with Crippen LogP contribution >= 0.6 is 15.9 Å². The molecule has 0 aliphatic carbocycles. The molecule has 0 radical (unpaired) electrons. The topological polar surface area (TPSA) is 41.6 Å². The predicted octanol–water partition coefficient (Wildman–Crippen LogP) is 5.02. The zero-order valence-corrected chi connectivity index (χ0v) is 15.6. The third-order valence-corrected chi connectivity index (χ3v) is 4.92. The molecule has 120 valence electrons. The zero-order chi connectivity index (χ0) is 17.3. The van der Waals surface area contributed by atoms with Gasteiger partial charge in [0, 0.05) is 22.2 Å². The van der Waals surface area contributed by atoms with E-state index < -0.39 is 0 Å². The SMILES string of the molecule is Cc1ccc(Cc2c(C)nn(-c3ccc(C#N)c(Br)c3)c2C)cc1. The van der Waals surface area contributed by atoms with Gasteiger partial charge in [0.2, 0.25) is 0 Å². The highest BCUT2D eigenvalue weighted by Gasteiger charge is 2.14. The number of aromatic nitrogens is 2. The molecule has 1 heterocycles. The van der Waals surface area contributed by atoms with E-state index in [4.69, 9.17) is 10.4 Å². The lowest BCUT2D eigenvalue weighted by Crippen LogP contribution is -2.00. The Balaban J connectivity index is 1.99. The van der Waals surface area contributed by atoms with Gasteiger partial charge >= 0.3 is 0 Å². The van der Waals surface area contributed by atoms with Gasteiger partial charge in [-0.2, -0.15) is 10.4 Å². The van der Waals surface area contributed by atoms with Gasteiger partial charge in [0.25, 0.3) is 0 Å². The third kappa shape index (κ3) is 3.13. The molecule has 4 heteroatoms. The number of rotatable bonds is 3. The Labute approximate surface area is 150 Å². The summed E-state index contributed by atoms with van der Waals surface area (Å²) in [5.74, 6) is 0. The van der Waals surface area contributed by atoms with Crippen LogP contribution in [0.15, 0.2) is 46.9 Å². The smallest absolute Gasteiger partial charge is 0.100 e. The summed E-state index contributed by atoms with van der Waals surface area (Å²) in [5.41, 5.74) is 7.55. The number of hydrogen-bond acceptors (Lipinski definition) is 2. The average Bonchev–Trinajstić information content (AvgIpc) is 2.85. The highest BCUT2D eigenvalue weighted by molar-refractivity contribution is 9.10. The summed E-state index contributed by atoms with van der Waals surface area (Å²) in [7, 11) is 0. The van der Waals surface area contributed by atoms with Gasteiger partial charge in [0.1, 0.15) is 6.07 Å². The fraction of sp³-hybridized carbons (Fsp3) is 0.200. The van der Waals surface area contributed by atoms with Crippen molar-refractivity contribution in [2.45, 2.75) is 27.2 Å². The molecule has 3 rings (SSSR count). The Morgan fingerprint density at radius 1 is 1.08 bits per heavy atom. The predicted molar refractivity (Wildman–Crippen MR) is 99.4 cm³/mol. The van der Waals surface area contributed by atoms with Crippen LogP contribution < -0.4 is 0 Å². The van der Waals surface area contributed by atoms with Gasteiger partial charge in [-0.15, -0.1) is 0 Å². The minimum absolute atomic E-state index is 0.625. The van der Waals surface area contributed by atoms with E-state index in [9.17, 15) is 0 Å². The van der Waals surface area contributed by atoms with E-state index >= 15 is 0 Å². The zero-order valence-electron chi connectivity index (χ0n) is 14.0. The Hall–Kier alpha value is -2.38. The molecule has 1 aromatic heterocycles. The first-order chi connectivity index (χ1) is 11.5. The van der Waals surface area contributed by atoms with Gasteiger partial charge in [0.05, 0.1) is 16.9 Å². The van der Waals surface area contributed by atoms with Gasteiger partial charge in [-0.1, -0.05) is 29.8 Å². The number of aryl methyl sites for hydroxylation is 2. The van der Waals surface area contributed by atoms with Crippen LogP contribution in [0.5, 0.6) is 0 Å². The standard InChI is InChI=1S/C20H18BrN3/c1-13-4-6-16(7-5-13)10-19-14(2)23-24(15(19)3)18-9-8-17(12-22)20(21)11-18/h4-9,11H,10H2,1-3H3. The molecule has 0 saturated carbocycles. The minimum atomic E-state index is 0.625. The average molecular weight is 380 g/mol. The van der Waals surface area contributed by atoms with Crippen LogP contribution in [0.4, 0.5) is 0 Å². The summed E-state index contributed by atoms with van der Waals surface area (Å²) >= 11 is 3.45. The second kappa shape index (κ2) is 6.62. The molecule has 0 spiro atoms. The second-order valence-electron chi connectivity index (χ2n) is 6.00. The number of nitriles is 1. The van der Waals surface area contributed by atoms with Crippen LogP contribution in [0, 0.1) is 32.1 Å². The summed E-state index contributed by atoms with van der Waals surface area (Å²) < 4.78 is 2.74. The molecule has 0 aliphatic heterocycles. The van der Waals surface area contributed by atoms with Crippen LogP contribution in [-0.4, -0.2) is 9.78 Å². The van der Waals surface area contributed by atoms with Crippen molar-refractivity contribution in [3.05, 3.63) is 80.6 Å². The highest BCUT2D eigenvalue weighted by atomic mass is 79.9. The maximum atomic E-state index is 9.06. The lowest BCUT2D eigenvalue weighted by Gasteiger charge is -2.07. The van der Waals surface area contributed by atoms with E-state index in [0.717, 1.165) is 28.0 Å². The molecule has 0 aliphatic rings. The van der Waals surface area contributed by atoms with Crippen molar-refractivity contribution in [1.82, 2.24) is 9.78 Å². The van der Waals surface area contributed by atoms with Gasteiger partial charge in [-0.25, -0.2) is 4.68 Å². The molecular weight excluding hydrogens is 362 g/mol. The highest BCUT2D eigenvalue weighted by Crippen LogP contribution is 2.24. The molecule has 3 aromatic rings. The lowest BCUT2D eigenvalue weighted by atomic mass is 10.0. The van der Waals surface area contributed by atoms with Crippen molar-refractivity contribution in [3.63, 3.8) is 0 Å². The van der Waals surface area contributed by atoms with Crippen LogP contribution in [0.25, 0.3) is 5.69 Å². The van der Waals surface area contributed by atoms with Gasteiger partial charge in [-0.3, -0.25) is 0 Å². The second-order valence-corrected chi connectivity index (χ2v) is 6.85. The third-order valence-electron chi connectivity index (χ3n) is 4.26. The van der Waals surface area contributed by atoms with Crippen molar-refractivity contribution in [2.24, 2.45) is 0 Å². The molecule has 2 aromatic carbocycles. The molecule has 0 amide bonds. The van der Waals surface area contributed by atoms with E-state index in [1.165, 1.54) is 16.7 Å². The first-order valence-corrected chi connectivity index (χ1v) is 8.59.